The molecule has 1 aliphatic rings. The lowest BCUT2D eigenvalue weighted by Crippen LogP contribution is -2.43. The monoisotopic (exact) mass is 438 g/mol. The van der Waals surface area contributed by atoms with Crippen molar-refractivity contribution in [3.8, 4) is 0 Å². The summed E-state index contributed by atoms with van der Waals surface area (Å²) in [6, 6.07) is 10.6. The molecule has 5 nitrogen and oxygen atoms in total. The number of anilines is 2. The first kappa shape index (κ1) is 23.0. The topological polar surface area (TPSA) is 58.1 Å². The predicted molar refractivity (Wildman–Crippen MR) is 130 cm³/mol. The number of nitrogens with one attached hydrogen (secondary N) is 1. The molecule has 164 valence electrons. The van der Waals surface area contributed by atoms with Gasteiger partial charge in [0.1, 0.15) is 0 Å². The Hall–Kier alpha value is -2.66. The van der Waals surface area contributed by atoms with Crippen molar-refractivity contribution >= 4 is 40.7 Å². The van der Waals surface area contributed by atoms with Crippen molar-refractivity contribution in [2.45, 2.75) is 59.4 Å². The lowest BCUT2D eigenvalue weighted by Gasteiger charge is -2.35. The summed E-state index contributed by atoms with van der Waals surface area (Å²) in [5.74, 6) is 0.0591. The number of nitrogens with zero attached hydrogens (tertiary/aromatic N) is 3. The number of benzene rings is 1. The van der Waals surface area contributed by atoms with E-state index in [1.807, 2.05) is 24.0 Å². The van der Waals surface area contributed by atoms with Crippen LogP contribution in [0, 0.1) is 20.8 Å². The average molecular weight is 439 g/mol. The van der Waals surface area contributed by atoms with Gasteiger partial charge in [0.25, 0.3) is 5.91 Å². The minimum Gasteiger partial charge on any atom is -0.354 e. The van der Waals surface area contributed by atoms with E-state index in [-0.39, 0.29) is 18.3 Å². The third kappa shape index (κ3) is 4.67. The van der Waals surface area contributed by atoms with Gasteiger partial charge in [0.2, 0.25) is 0 Å². The Labute approximate surface area is 190 Å². The molecule has 1 atom stereocenters. The summed E-state index contributed by atoms with van der Waals surface area (Å²) in [6.45, 7) is 9.10. The van der Waals surface area contributed by atoms with Gasteiger partial charge in [0.05, 0.1) is 11.3 Å². The summed E-state index contributed by atoms with van der Waals surface area (Å²) >= 11 is 0. The molecular formula is C25H31ClN4O. The molecule has 2 aromatic heterocycles. The number of aromatic nitrogens is 2. The van der Waals surface area contributed by atoms with Crippen molar-refractivity contribution in [2.75, 3.05) is 11.9 Å². The second-order valence-corrected chi connectivity index (χ2v) is 8.37. The lowest BCUT2D eigenvalue weighted by molar-refractivity contribution is 0.0609. The normalized spacial score (nSPS) is 16.1. The molecule has 1 unspecified atom stereocenters. The fourth-order valence-electron chi connectivity index (χ4n) is 4.40. The Morgan fingerprint density at radius 3 is 2.71 bits per heavy atom. The number of halogens is 1. The van der Waals surface area contributed by atoms with E-state index in [4.69, 9.17) is 0 Å². The summed E-state index contributed by atoms with van der Waals surface area (Å²) in [7, 11) is 0. The molecule has 0 spiro atoms. The molecule has 0 saturated carbocycles. The highest BCUT2D eigenvalue weighted by Crippen LogP contribution is 2.32. The van der Waals surface area contributed by atoms with Crippen LogP contribution in [-0.2, 0) is 0 Å². The van der Waals surface area contributed by atoms with Gasteiger partial charge in [-0.25, -0.2) is 9.97 Å². The predicted octanol–water partition coefficient (Wildman–Crippen LogP) is 6.13. The van der Waals surface area contributed by atoms with Crippen LogP contribution in [0.25, 0.3) is 11.0 Å². The maximum Gasteiger partial charge on any atom is 0.257 e. The van der Waals surface area contributed by atoms with Gasteiger partial charge in [0, 0.05) is 35.6 Å². The molecular weight excluding hydrogens is 408 g/mol. The number of carbonyl (C=O) groups is 1. The van der Waals surface area contributed by atoms with Gasteiger partial charge in [-0.15, -0.1) is 12.4 Å². The van der Waals surface area contributed by atoms with Crippen LogP contribution < -0.4 is 5.32 Å². The molecule has 4 rings (SSSR count). The zero-order valence-electron chi connectivity index (χ0n) is 18.7. The van der Waals surface area contributed by atoms with Crippen LogP contribution in [0.5, 0.6) is 0 Å². The van der Waals surface area contributed by atoms with E-state index in [1.165, 1.54) is 12.0 Å². The minimum absolute atomic E-state index is 0. The molecule has 1 fully saturated rings. The number of pyridine rings is 2. The molecule has 1 N–H and O–H groups in total. The summed E-state index contributed by atoms with van der Waals surface area (Å²) in [4.78, 5) is 24.8. The van der Waals surface area contributed by atoms with Gasteiger partial charge in [0.15, 0.2) is 5.65 Å². The zero-order chi connectivity index (χ0) is 21.3. The molecule has 3 heterocycles. The van der Waals surface area contributed by atoms with Gasteiger partial charge in [-0.2, -0.15) is 0 Å². The Balaban J connectivity index is 0.00000272. The molecule has 1 saturated heterocycles. The van der Waals surface area contributed by atoms with Gasteiger partial charge < -0.3 is 10.2 Å². The molecule has 31 heavy (non-hydrogen) atoms. The van der Waals surface area contributed by atoms with Gasteiger partial charge >= 0.3 is 0 Å². The first-order valence-electron chi connectivity index (χ1n) is 10.9. The highest BCUT2D eigenvalue weighted by Gasteiger charge is 2.29. The van der Waals surface area contributed by atoms with E-state index in [2.05, 4.69) is 54.3 Å². The molecule has 0 aliphatic carbocycles. The van der Waals surface area contributed by atoms with Crippen LogP contribution in [0.3, 0.4) is 0 Å². The number of hydrogen-bond donors (Lipinski definition) is 1. The summed E-state index contributed by atoms with van der Waals surface area (Å²) in [5, 5.41) is 4.43. The SMILES string of the molecule is CCC1CCCCN1C(=O)c1cnc2nc(C)ccc2c1Nc1ccc(C)cc1C.Cl. The van der Waals surface area contributed by atoms with Gasteiger partial charge in [-0.1, -0.05) is 24.6 Å². The quantitative estimate of drug-likeness (QED) is 0.532. The second kappa shape index (κ2) is 9.65. The number of likely N-dealkylation sites (tertiary alicyclic amines) is 1. The fourth-order valence-corrected chi connectivity index (χ4v) is 4.40. The average Bonchev–Trinajstić information content (AvgIpc) is 2.75. The number of aryl methyl sites for hydroxylation is 3. The van der Waals surface area contributed by atoms with Crippen molar-refractivity contribution in [3.63, 3.8) is 0 Å². The molecule has 1 aliphatic heterocycles. The van der Waals surface area contributed by atoms with Crippen molar-refractivity contribution in [1.82, 2.24) is 14.9 Å². The van der Waals surface area contributed by atoms with Gasteiger partial charge in [-0.3, -0.25) is 4.79 Å². The molecule has 3 aromatic rings. The molecule has 1 aromatic carbocycles. The van der Waals surface area contributed by atoms with E-state index in [9.17, 15) is 4.79 Å². The Morgan fingerprint density at radius 1 is 1.16 bits per heavy atom. The van der Waals surface area contributed by atoms with Crippen LogP contribution in [-0.4, -0.2) is 33.4 Å². The number of fused-ring (bicyclic) bond motifs is 1. The van der Waals surface area contributed by atoms with Crippen LogP contribution in [0.2, 0.25) is 0 Å². The van der Waals surface area contributed by atoms with E-state index >= 15 is 0 Å². The van der Waals surface area contributed by atoms with Gasteiger partial charge in [-0.05, 0) is 70.2 Å². The zero-order valence-corrected chi connectivity index (χ0v) is 19.6. The number of piperidine rings is 1. The first-order valence-corrected chi connectivity index (χ1v) is 10.9. The van der Waals surface area contributed by atoms with Crippen molar-refractivity contribution in [3.05, 3.63) is 58.9 Å². The van der Waals surface area contributed by atoms with E-state index in [0.717, 1.165) is 53.8 Å². The molecule has 0 bridgehead atoms. The summed E-state index contributed by atoms with van der Waals surface area (Å²) in [5.41, 5.74) is 6.33. The number of rotatable bonds is 4. The van der Waals surface area contributed by atoms with Crippen molar-refractivity contribution in [1.29, 1.82) is 0 Å². The molecule has 1 amide bonds. The number of carbonyl (C=O) groups excluding carboxylic acids is 1. The number of hydrogen-bond acceptors (Lipinski definition) is 4. The second-order valence-electron chi connectivity index (χ2n) is 8.37. The third-order valence-electron chi connectivity index (χ3n) is 6.10. The fraction of sp³-hybridized carbons (Fsp3) is 0.400. The summed E-state index contributed by atoms with van der Waals surface area (Å²) in [6.07, 6.45) is 6.00. The highest BCUT2D eigenvalue weighted by molar-refractivity contribution is 6.07. The molecule has 0 radical (unpaired) electrons. The van der Waals surface area contributed by atoms with Crippen LogP contribution in [0.1, 0.15) is 59.8 Å². The summed E-state index contributed by atoms with van der Waals surface area (Å²) < 4.78 is 0. The maximum atomic E-state index is 13.7. The Morgan fingerprint density at radius 2 is 1.97 bits per heavy atom. The van der Waals surface area contributed by atoms with E-state index in [1.54, 1.807) is 6.20 Å². The van der Waals surface area contributed by atoms with Crippen LogP contribution in [0.15, 0.2) is 36.5 Å². The first-order chi connectivity index (χ1) is 14.5. The van der Waals surface area contributed by atoms with Crippen LogP contribution in [0.4, 0.5) is 11.4 Å². The Kier molecular flexibility index (Phi) is 7.16. The molecule has 6 heteroatoms. The lowest BCUT2D eigenvalue weighted by atomic mass is 9.98. The largest absolute Gasteiger partial charge is 0.354 e. The standard InChI is InChI=1S/C25H30N4O.ClH/c1-5-19-8-6-7-13-29(19)25(30)21-15-26-24-20(11-10-18(4)27-24)23(21)28-22-12-9-16(2)14-17(22)3;/h9-12,14-15,19H,5-8,13H2,1-4H3,(H,26,27,28);1H. The van der Waals surface area contributed by atoms with E-state index in [0.29, 0.717) is 17.3 Å². The minimum atomic E-state index is 0. The smallest absolute Gasteiger partial charge is 0.257 e. The highest BCUT2D eigenvalue weighted by atomic mass is 35.5. The Bertz CT molecular complexity index is 1100. The van der Waals surface area contributed by atoms with E-state index < -0.39 is 0 Å². The van der Waals surface area contributed by atoms with Crippen LogP contribution >= 0.6 is 12.4 Å². The third-order valence-corrected chi connectivity index (χ3v) is 6.10. The number of amides is 1. The maximum absolute atomic E-state index is 13.7. The van der Waals surface area contributed by atoms with Crippen molar-refractivity contribution in [2.24, 2.45) is 0 Å². The van der Waals surface area contributed by atoms with Crippen molar-refractivity contribution < 1.29 is 4.79 Å².